The van der Waals surface area contributed by atoms with Crippen LogP contribution in [-0.2, 0) is 0 Å². The van der Waals surface area contributed by atoms with E-state index in [0.29, 0.717) is 0 Å². The van der Waals surface area contributed by atoms with Crippen molar-refractivity contribution in [2.24, 2.45) is 0 Å². The van der Waals surface area contributed by atoms with Crippen LogP contribution in [0.3, 0.4) is 0 Å². The molecule has 0 aliphatic carbocycles. The van der Waals surface area contributed by atoms with Gasteiger partial charge in [0.15, 0.2) is 0 Å². The molecule has 0 radical (unpaired) electrons. The quantitative estimate of drug-likeness (QED) is 0.686. The fourth-order valence-electron chi connectivity index (χ4n) is 1.27. The molecular formula is C10H8BrIOS. The highest BCUT2D eigenvalue weighted by Gasteiger charge is 2.07. The van der Waals surface area contributed by atoms with Crippen molar-refractivity contribution in [3.05, 3.63) is 25.6 Å². The molecule has 1 aromatic heterocycles. The lowest BCUT2D eigenvalue weighted by Crippen LogP contribution is -1.89. The molecule has 14 heavy (non-hydrogen) atoms. The summed E-state index contributed by atoms with van der Waals surface area (Å²) in [6.45, 7) is 2.72. The first-order valence-corrected chi connectivity index (χ1v) is 6.91. The topological polar surface area (TPSA) is 9.23 Å². The molecular weight excluding hydrogens is 375 g/mol. The van der Waals surface area contributed by atoms with Crippen molar-refractivity contribution in [1.82, 2.24) is 0 Å². The number of ether oxygens (including phenoxy) is 1. The molecule has 0 unspecified atom stereocenters. The van der Waals surface area contributed by atoms with Crippen molar-refractivity contribution in [2.45, 2.75) is 6.92 Å². The Kier molecular flexibility index (Phi) is 3.34. The number of benzene rings is 1. The number of fused-ring (bicyclic) bond motifs is 1. The minimum atomic E-state index is 0.717. The van der Waals surface area contributed by atoms with Crippen molar-refractivity contribution in [3.8, 4) is 5.75 Å². The van der Waals surface area contributed by atoms with E-state index in [0.717, 1.165) is 12.4 Å². The Balaban J connectivity index is 2.56. The van der Waals surface area contributed by atoms with Crippen LogP contribution in [0.25, 0.3) is 10.1 Å². The number of hydrogen-bond acceptors (Lipinski definition) is 2. The van der Waals surface area contributed by atoms with Gasteiger partial charge < -0.3 is 4.74 Å². The van der Waals surface area contributed by atoms with Crippen LogP contribution < -0.4 is 4.74 Å². The van der Waals surface area contributed by atoms with E-state index in [9.17, 15) is 0 Å². The second-order valence-corrected chi connectivity index (χ2v) is 6.23. The number of rotatable bonds is 2. The monoisotopic (exact) mass is 382 g/mol. The fraction of sp³-hybridized carbons (Fsp3) is 0.200. The van der Waals surface area contributed by atoms with Crippen molar-refractivity contribution >= 4 is 59.9 Å². The lowest BCUT2D eigenvalue weighted by atomic mass is 10.2. The zero-order valence-corrected chi connectivity index (χ0v) is 12.1. The molecule has 0 atom stereocenters. The highest BCUT2D eigenvalue weighted by atomic mass is 127. The Hall–Kier alpha value is 0.190. The van der Waals surface area contributed by atoms with Gasteiger partial charge in [0.05, 0.1) is 10.4 Å². The summed E-state index contributed by atoms with van der Waals surface area (Å²) in [7, 11) is 0. The van der Waals surface area contributed by atoms with Gasteiger partial charge in [-0.2, -0.15) is 0 Å². The van der Waals surface area contributed by atoms with Gasteiger partial charge in [-0.05, 0) is 63.6 Å². The van der Waals surface area contributed by atoms with Gasteiger partial charge in [0.25, 0.3) is 0 Å². The predicted octanol–water partition coefficient (Wildman–Crippen LogP) is 4.67. The van der Waals surface area contributed by atoms with Gasteiger partial charge in [0, 0.05) is 13.7 Å². The SMILES string of the molecule is CCOc1ccc2c(I)c(Br)sc2c1. The van der Waals surface area contributed by atoms with Crippen molar-refractivity contribution in [3.63, 3.8) is 0 Å². The van der Waals surface area contributed by atoms with E-state index in [1.807, 2.05) is 13.0 Å². The summed E-state index contributed by atoms with van der Waals surface area (Å²) in [5, 5.41) is 1.30. The van der Waals surface area contributed by atoms with E-state index in [4.69, 9.17) is 4.74 Å². The molecule has 0 fully saturated rings. The van der Waals surface area contributed by atoms with Gasteiger partial charge in [-0.1, -0.05) is 0 Å². The van der Waals surface area contributed by atoms with Crippen molar-refractivity contribution < 1.29 is 4.74 Å². The van der Waals surface area contributed by atoms with Crippen LogP contribution >= 0.6 is 49.9 Å². The van der Waals surface area contributed by atoms with E-state index < -0.39 is 0 Å². The van der Waals surface area contributed by atoms with E-state index in [2.05, 4.69) is 50.7 Å². The second kappa shape index (κ2) is 4.37. The van der Waals surface area contributed by atoms with Gasteiger partial charge in [0.1, 0.15) is 5.75 Å². The van der Waals surface area contributed by atoms with Crippen LogP contribution in [0.2, 0.25) is 0 Å². The van der Waals surface area contributed by atoms with Crippen LogP contribution in [0.1, 0.15) is 6.92 Å². The molecule has 0 saturated carbocycles. The average molecular weight is 383 g/mol. The summed E-state index contributed by atoms with van der Waals surface area (Å²) in [4.78, 5) is 0. The Morgan fingerprint density at radius 2 is 2.29 bits per heavy atom. The molecule has 1 nitrogen and oxygen atoms in total. The molecule has 0 spiro atoms. The molecule has 0 amide bonds. The molecule has 0 bridgehead atoms. The van der Waals surface area contributed by atoms with Gasteiger partial charge in [-0.15, -0.1) is 11.3 Å². The Bertz CT molecular complexity index is 466. The molecule has 0 aliphatic rings. The lowest BCUT2D eigenvalue weighted by molar-refractivity contribution is 0.341. The van der Waals surface area contributed by atoms with Crippen molar-refractivity contribution in [2.75, 3.05) is 6.61 Å². The summed E-state index contributed by atoms with van der Waals surface area (Å²) in [6.07, 6.45) is 0. The summed E-state index contributed by atoms with van der Waals surface area (Å²) < 4.78 is 9.20. The molecule has 74 valence electrons. The van der Waals surface area contributed by atoms with Crippen LogP contribution in [0.15, 0.2) is 22.0 Å². The van der Waals surface area contributed by atoms with Crippen LogP contribution in [0.5, 0.6) is 5.75 Å². The first-order valence-electron chi connectivity index (χ1n) is 4.22. The van der Waals surface area contributed by atoms with E-state index in [1.165, 1.54) is 17.4 Å². The zero-order chi connectivity index (χ0) is 10.1. The largest absolute Gasteiger partial charge is 0.494 e. The molecule has 1 heterocycles. The number of thiophene rings is 1. The van der Waals surface area contributed by atoms with Gasteiger partial charge in [0.2, 0.25) is 0 Å². The number of halogens is 2. The molecule has 2 aromatic rings. The third kappa shape index (κ3) is 1.92. The molecule has 2 rings (SSSR count). The minimum Gasteiger partial charge on any atom is -0.494 e. The minimum absolute atomic E-state index is 0.717. The van der Waals surface area contributed by atoms with E-state index in [-0.39, 0.29) is 0 Å². The lowest BCUT2D eigenvalue weighted by Gasteiger charge is -2.01. The Morgan fingerprint density at radius 3 is 3.00 bits per heavy atom. The standard InChI is InChI=1S/C10H8BrIOS/c1-2-13-6-3-4-7-8(5-6)14-10(11)9(7)12/h3-5H,2H2,1H3. The van der Waals surface area contributed by atoms with Crippen LogP contribution in [0.4, 0.5) is 0 Å². The maximum atomic E-state index is 5.45. The van der Waals surface area contributed by atoms with Gasteiger partial charge >= 0.3 is 0 Å². The average Bonchev–Trinajstić information content (AvgIpc) is 2.43. The molecule has 4 heteroatoms. The highest BCUT2D eigenvalue weighted by Crippen LogP contribution is 2.37. The molecule has 0 aliphatic heterocycles. The highest BCUT2D eigenvalue weighted by molar-refractivity contribution is 14.1. The predicted molar refractivity (Wildman–Crippen MR) is 73.4 cm³/mol. The van der Waals surface area contributed by atoms with Crippen LogP contribution in [0, 0.1) is 3.57 Å². The zero-order valence-electron chi connectivity index (χ0n) is 7.51. The third-order valence-corrected chi connectivity index (χ3v) is 5.92. The third-order valence-electron chi connectivity index (χ3n) is 1.87. The number of hydrogen-bond donors (Lipinski definition) is 0. The van der Waals surface area contributed by atoms with E-state index in [1.54, 1.807) is 11.3 Å². The molecule has 1 aromatic carbocycles. The fourth-order valence-corrected chi connectivity index (χ4v) is 3.84. The molecule has 0 N–H and O–H groups in total. The normalized spacial score (nSPS) is 10.8. The first-order chi connectivity index (χ1) is 6.72. The maximum Gasteiger partial charge on any atom is 0.120 e. The summed E-state index contributed by atoms with van der Waals surface area (Å²) in [6, 6.07) is 6.23. The first kappa shape index (κ1) is 10.7. The summed E-state index contributed by atoms with van der Waals surface area (Å²) >= 11 is 7.64. The van der Waals surface area contributed by atoms with Crippen LogP contribution in [-0.4, -0.2) is 6.61 Å². The summed E-state index contributed by atoms with van der Waals surface area (Å²) in [5.41, 5.74) is 0. The van der Waals surface area contributed by atoms with Gasteiger partial charge in [-0.25, -0.2) is 0 Å². The Morgan fingerprint density at radius 1 is 1.50 bits per heavy atom. The van der Waals surface area contributed by atoms with Gasteiger partial charge in [-0.3, -0.25) is 0 Å². The van der Waals surface area contributed by atoms with Crippen molar-refractivity contribution in [1.29, 1.82) is 0 Å². The maximum absolute atomic E-state index is 5.45. The summed E-state index contributed by atoms with van der Waals surface area (Å²) in [5.74, 6) is 0.949. The smallest absolute Gasteiger partial charge is 0.120 e. The molecule has 0 saturated heterocycles. The Labute approximate surface area is 109 Å². The second-order valence-electron chi connectivity index (χ2n) is 2.78. The van der Waals surface area contributed by atoms with E-state index >= 15 is 0 Å².